The number of hydrogen-bond acceptors (Lipinski definition) is 6. The minimum Gasteiger partial charge on any atom is -0.356 e. The van der Waals surface area contributed by atoms with E-state index in [0.29, 0.717) is 11.7 Å². The highest BCUT2D eigenvalue weighted by atomic mass is 79.9. The lowest BCUT2D eigenvalue weighted by atomic mass is 9.96. The molecule has 6 nitrogen and oxygen atoms in total. The molecule has 118 valence electrons. The van der Waals surface area contributed by atoms with Gasteiger partial charge >= 0.3 is 0 Å². The number of benzene rings is 1. The van der Waals surface area contributed by atoms with Crippen LogP contribution in [0.1, 0.15) is 30.5 Å². The van der Waals surface area contributed by atoms with E-state index in [4.69, 9.17) is 4.52 Å². The molecule has 4 rings (SSSR count). The molecular formula is C16H16BrN5O. The number of halogens is 1. The fourth-order valence-electron chi connectivity index (χ4n) is 3.08. The van der Waals surface area contributed by atoms with E-state index >= 15 is 0 Å². The molecule has 0 unspecified atom stereocenters. The summed E-state index contributed by atoms with van der Waals surface area (Å²) >= 11 is 3.53. The molecule has 0 spiro atoms. The van der Waals surface area contributed by atoms with E-state index in [1.807, 2.05) is 19.1 Å². The van der Waals surface area contributed by atoms with Crippen LogP contribution in [0.2, 0.25) is 0 Å². The zero-order chi connectivity index (χ0) is 15.8. The molecule has 0 aliphatic carbocycles. The van der Waals surface area contributed by atoms with E-state index in [0.717, 1.165) is 53.0 Å². The molecule has 0 amide bonds. The molecular weight excluding hydrogens is 358 g/mol. The lowest BCUT2D eigenvalue weighted by Crippen LogP contribution is -2.33. The van der Waals surface area contributed by atoms with E-state index in [1.54, 1.807) is 6.33 Å². The Labute approximate surface area is 142 Å². The SMILES string of the molecule is Cc1noc(C2CCN(c3ncnc4ccc(Br)cc34)CC2)n1. The van der Waals surface area contributed by atoms with Crippen molar-refractivity contribution in [1.29, 1.82) is 0 Å². The standard InChI is InChI=1S/C16H16BrN5O/c1-10-20-16(23-21-10)11-4-6-22(7-5-11)15-13-8-12(17)2-3-14(13)18-9-19-15/h2-3,8-9,11H,4-7H2,1H3. The first-order valence-corrected chi connectivity index (χ1v) is 8.45. The summed E-state index contributed by atoms with van der Waals surface area (Å²) < 4.78 is 6.36. The molecule has 0 atom stereocenters. The molecule has 0 radical (unpaired) electrons. The molecule has 3 heterocycles. The first-order chi connectivity index (χ1) is 11.2. The maximum Gasteiger partial charge on any atom is 0.229 e. The molecule has 1 fully saturated rings. The van der Waals surface area contributed by atoms with Crippen LogP contribution in [0.4, 0.5) is 5.82 Å². The van der Waals surface area contributed by atoms with Gasteiger partial charge in [0.05, 0.1) is 5.52 Å². The summed E-state index contributed by atoms with van der Waals surface area (Å²) in [5, 5.41) is 4.97. The molecule has 1 saturated heterocycles. The molecule has 1 aromatic carbocycles. The normalized spacial score (nSPS) is 16.2. The fraction of sp³-hybridized carbons (Fsp3) is 0.375. The Kier molecular flexibility index (Phi) is 3.72. The highest BCUT2D eigenvalue weighted by molar-refractivity contribution is 9.10. The Morgan fingerprint density at radius 3 is 2.78 bits per heavy atom. The van der Waals surface area contributed by atoms with Crippen LogP contribution in [0.25, 0.3) is 10.9 Å². The second-order valence-electron chi connectivity index (χ2n) is 5.80. The van der Waals surface area contributed by atoms with Crippen molar-refractivity contribution < 1.29 is 4.52 Å². The van der Waals surface area contributed by atoms with Crippen molar-refractivity contribution in [3.8, 4) is 0 Å². The topological polar surface area (TPSA) is 67.9 Å². The monoisotopic (exact) mass is 373 g/mol. The van der Waals surface area contributed by atoms with Crippen molar-refractivity contribution in [2.24, 2.45) is 0 Å². The number of aromatic nitrogens is 4. The van der Waals surface area contributed by atoms with E-state index < -0.39 is 0 Å². The van der Waals surface area contributed by atoms with Crippen LogP contribution in [-0.4, -0.2) is 33.2 Å². The predicted octanol–water partition coefficient (Wildman–Crippen LogP) is 3.47. The quantitative estimate of drug-likeness (QED) is 0.684. The summed E-state index contributed by atoms with van der Waals surface area (Å²) in [7, 11) is 0. The van der Waals surface area contributed by atoms with Crippen molar-refractivity contribution in [1.82, 2.24) is 20.1 Å². The number of fused-ring (bicyclic) bond motifs is 1. The lowest BCUT2D eigenvalue weighted by Gasteiger charge is -2.31. The van der Waals surface area contributed by atoms with Crippen LogP contribution in [0.15, 0.2) is 33.5 Å². The molecule has 3 aromatic rings. The second kappa shape index (κ2) is 5.88. The van der Waals surface area contributed by atoms with Gasteiger partial charge in [-0.05, 0) is 38.0 Å². The third-order valence-electron chi connectivity index (χ3n) is 4.26. The molecule has 0 bridgehead atoms. The number of anilines is 1. The van der Waals surface area contributed by atoms with Gasteiger partial charge < -0.3 is 9.42 Å². The van der Waals surface area contributed by atoms with Crippen LogP contribution in [-0.2, 0) is 0 Å². The molecule has 2 aromatic heterocycles. The highest BCUT2D eigenvalue weighted by Crippen LogP contribution is 2.32. The Hall–Kier alpha value is -2.02. The van der Waals surface area contributed by atoms with Crippen molar-refractivity contribution >= 4 is 32.7 Å². The number of nitrogens with zero attached hydrogens (tertiary/aromatic N) is 5. The van der Waals surface area contributed by atoms with Crippen LogP contribution >= 0.6 is 15.9 Å². The zero-order valence-corrected chi connectivity index (χ0v) is 14.3. The van der Waals surface area contributed by atoms with Gasteiger partial charge in [0.2, 0.25) is 5.89 Å². The fourth-order valence-corrected chi connectivity index (χ4v) is 3.45. The third-order valence-corrected chi connectivity index (χ3v) is 4.76. The summed E-state index contributed by atoms with van der Waals surface area (Å²) in [6.07, 6.45) is 3.61. The Balaban J connectivity index is 1.58. The summed E-state index contributed by atoms with van der Waals surface area (Å²) in [6.45, 7) is 3.70. The van der Waals surface area contributed by atoms with Gasteiger partial charge in [-0.15, -0.1) is 0 Å². The summed E-state index contributed by atoms with van der Waals surface area (Å²) in [5.74, 6) is 2.80. The van der Waals surface area contributed by atoms with Crippen LogP contribution in [0.5, 0.6) is 0 Å². The smallest absolute Gasteiger partial charge is 0.229 e. The minimum absolute atomic E-state index is 0.340. The number of hydrogen-bond donors (Lipinski definition) is 0. The second-order valence-corrected chi connectivity index (χ2v) is 6.72. The average molecular weight is 374 g/mol. The van der Waals surface area contributed by atoms with E-state index in [-0.39, 0.29) is 0 Å². The van der Waals surface area contributed by atoms with E-state index in [2.05, 4.69) is 47.0 Å². The van der Waals surface area contributed by atoms with E-state index in [9.17, 15) is 0 Å². The van der Waals surface area contributed by atoms with Gasteiger partial charge in [-0.3, -0.25) is 0 Å². The number of aryl methyl sites for hydroxylation is 1. The van der Waals surface area contributed by atoms with Crippen molar-refractivity contribution in [3.05, 3.63) is 40.7 Å². The maximum absolute atomic E-state index is 5.32. The Morgan fingerprint density at radius 2 is 2.04 bits per heavy atom. The third kappa shape index (κ3) is 2.81. The molecule has 7 heteroatoms. The molecule has 0 saturated carbocycles. The summed E-state index contributed by atoms with van der Waals surface area (Å²) in [6, 6.07) is 6.10. The first kappa shape index (κ1) is 14.6. The first-order valence-electron chi connectivity index (χ1n) is 7.66. The largest absolute Gasteiger partial charge is 0.356 e. The molecule has 1 aliphatic rings. The Morgan fingerprint density at radius 1 is 1.22 bits per heavy atom. The minimum atomic E-state index is 0.340. The van der Waals surface area contributed by atoms with Gasteiger partial charge in [0.25, 0.3) is 0 Å². The summed E-state index contributed by atoms with van der Waals surface area (Å²) in [5.41, 5.74) is 0.966. The zero-order valence-electron chi connectivity index (χ0n) is 12.7. The maximum atomic E-state index is 5.32. The van der Waals surface area contributed by atoms with Gasteiger partial charge in [0.1, 0.15) is 12.1 Å². The van der Waals surface area contributed by atoms with Crippen LogP contribution in [0, 0.1) is 6.92 Å². The molecule has 1 aliphatic heterocycles. The van der Waals surface area contributed by atoms with Gasteiger partial charge in [-0.2, -0.15) is 4.98 Å². The van der Waals surface area contributed by atoms with Gasteiger partial charge in [0, 0.05) is 28.9 Å². The van der Waals surface area contributed by atoms with Crippen molar-refractivity contribution in [2.75, 3.05) is 18.0 Å². The predicted molar refractivity (Wildman–Crippen MR) is 90.5 cm³/mol. The average Bonchev–Trinajstić information content (AvgIpc) is 3.01. The van der Waals surface area contributed by atoms with Crippen LogP contribution in [0.3, 0.4) is 0 Å². The van der Waals surface area contributed by atoms with Crippen LogP contribution < -0.4 is 4.90 Å². The molecule has 23 heavy (non-hydrogen) atoms. The van der Waals surface area contributed by atoms with Gasteiger partial charge in [-0.1, -0.05) is 21.1 Å². The van der Waals surface area contributed by atoms with Crippen molar-refractivity contribution in [3.63, 3.8) is 0 Å². The van der Waals surface area contributed by atoms with Crippen molar-refractivity contribution in [2.45, 2.75) is 25.7 Å². The van der Waals surface area contributed by atoms with E-state index in [1.165, 1.54) is 0 Å². The Bertz CT molecular complexity index is 841. The van der Waals surface area contributed by atoms with Gasteiger partial charge in [0.15, 0.2) is 5.82 Å². The lowest BCUT2D eigenvalue weighted by molar-refractivity contribution is 0.327. The number of piperidine rings is 1. The summed E-state index contributed by atoms with van der Waals surface area (Å²) in [4.78, 5) is 15.5. The highest BCUT2D eigenvalue weighted by Gasteiger charge is 2.26. The number of rotatable bonds is 2. The van der Waals surface area contributed by atoms with Gasteiger partial charge in [-0.25, -0.2) is 9.97 Å². The molecule has 0 N–H and O–H groups in total.